The molecule has 4 aliphatic carbocycles. The number of oxime groups is 1. The summed E-state index contributed by atoms with van der Waals surface area (Å²) in [5.74, 6) is 1.84. The Kier molecular flexibility index (Phi) is 7.33. The number of rotatable bonds is 7. The summed E-state index contributed by atoms with van der Waals surface area (Å²) in [5.41, 5.74) is 1.89. The smallest absolute Gasteiger partial charge is 0.151 e. The van der Waals surface area contributed by atoms with Gasteiger partial charge < -0.3 is 14.7 Å². The van der Waals surface area contributed by atoms with Gasteiger partial charge in [-0.1, -0.05) is 63.6 Å². The van der Waals surface area contributed by atoms with Crippen LogP contribution in [0.1, 0.15) is 72.3 Å². The topological polar surface area (TPSA) is 68.1 Å². The van der Waals surface area contributed by atoms with Crippen molar-refractivity contribution in [1.29, 1.82) is 0 Å². The molecule has 6 heteroatoms. The van der Waals surface area contributed by atoms with E-state index < -0.39 is 21.8 Å². The molecule has 0 spiro atoms. The highest BCUT2D eigenvalue weighted by molar-refractivity contribution is 6.26. The molecule has 4 aliphatic rings. The number of benzene rings is 1. The Bertz CT molecular complexity index is 1220. The maximum Gasteiger partial charge on any atom is 0.151 e. The first-order chi connectivity index (χ1) is 18.4. The van der Waals surface area contributed by atoms with Crippen LogP contribution in [-0.2, 0) is 9.63 Å². The Morgan fingerprint density at radius 1 is 1.21 bits per heavy atom. The van der Waals surface area contributed by atoms with Crippen LogP contribution in [-0.4, -0.2) is 40.8 Å². The lowest BCUT2D eigenvalue weighted by molar-refractivity contribution is -0.151. The highest BCUT2D eigenvalue weighted by atomic mass is 35.5. The molecule has 1 N–H and O–H groups in total. The maximum atomic E-state index is 13.3. The number of allylic oxidation sites excluding steroid dienone is 4. The summed E-state index contributed by atoms with van der Waals surface area (Å²) in [6, 6.07) is 7.94. The largest absolute Gasteiger partial charge is 0.490 e. The van der Waals surface area contributed by atoms with Crippen molar-refractivity contribution in [2.24, 2.45) is 39.2 Å². The van der Waals surface area contributed by atoms with Gasteiger partial charge in [-0.05, 0) is 85.6 Å². The molecule has 0 aromatic heterocycles. The molecule has 0 heterocycles. The molecule has 0 unspecified atom stereocenters. The fraction of sp³-hybridized carbons (Fsp3) is 0.636. The number of carbonyl (C=O) groups excluding carboxylic acids is 1. The van der Waals surface area contributed by atoms with Crippen LogP contribution in [0.25, 0.3) is 0 Å². The summed E-state index contributed by atoms with van der Waals surface area (Å²) in [4.78, 5) is 18.1. The van der Waals surface area contributed by atoms with Gasteiger partial charge in [0, 0.05) is 17.3 Å². The van der Waals surface area contributed by atoms with Crippen LogP contribution in [0, 0.1) is 40.9 Å². The van der Waals surface area contributed by atoms with Gasteiger partial charge in [0.1, 0.15) is 23.9 Å². The van der Waals surface area contributed by atoms with E-state index in [0.29, 0.717) is 37.8 Å². The zero-order valence-electron chi connectivity index (χ0n) is 24.3. The molecule has 1 aromatic carbocycles. The van der Waals surface area contributed by atoms with Crippen molar-refractivity contribution in [3.05, 3.63) is 53.6 Å². The number of aliphatic hydroxyl groups excluding tert-OH is 1. The van der Waals surface area contributed by atoms with Gasteiger partial charge in [0.25, 0.3) is 0 Å². The van der Waals surface area contributed by atoms with Crippen molar-refractivity contribution < 1.29 is 19.5 Å². The van der Waals surface area contributed by atoms with Crippen LogP contribution < -0.4 is 4.74 Å². The number of ether oxygens (including phenoxy) is 1. The Hall–Kier alpha value is -2.11. The zero-order valence-corrected chi connectivity index (χ0v) is 25.1. The molecule has 8 atom stereocenters. The van der Waals surface area contributed by atoms with Crippen LogP contribution in [0.3, 0.4) is 0 Å². The molecule has 3 fully saturated rings. The number of hydrogen-bond donors (Lipinski definition) is 1. The second-order valence-corrected chi connectivity index (χ2v) is 13.6. The Balaban J connectivity index is 1.33. The first-order valence-corrected chi connectivity index (χ1v) is 15.0. The molecule has 39 heavy (non-hydrogen) atoms. The summed E-state index contributed by atoms with van der Waals surface area (Å²) in [5, 5.41) is 16.2. The minimum absolute atomic E-state index is 0.127. The van der Waals surface area contributed by atoms with Gasteiger partial charge in [0.05, 0.1) is 11.0 Å². The van der Waals surface area contributed by atoms with E-state index in [1.807, 2.05) is 44.2 Å². The van der Waals surface area contributed by atoms with E-state index in [1.54, 1.807) is 0 Å². The minimum Gasteiger partial charge on any atom is -0.490 e. The number of aliphatic hydroxyl groups is 1. The summed E-state index contributed by atoms with van der Waals surface area (Å²) in [6.45, 7) is 13.6. The van der Waals surface area contributed by atoms with E-state index in [-0.39, 0.29) is 17.3 Å². The molecule has 212 valence electrons. The van der Waals surface area contributed by atoms with Gasteiger partial charge in [0.2, 0.25) is 0 Å². The van der Waals surface area contributed by atoms with E-state index in [4.69, 9.17) is 21.2 Å². The third-order valence-corrected chi connectivity index (χ3v) is 12.3. The third-order valence-electron chi connectivity index (χ3n) is 11.3. The lowest BCUT2D eigenvalue weighted by Crippen LogP contribution is -2.67. The maximum absolute atomic E-state index is 13.3. The molecule has 0 bridgehead atoms. The van der Waals surface area contributed by atoms with Crippen LogP contribution in [0.4, 0.5) is 0 Å². The van der Waals surface area contributed by atoms with Crippen molar-refractivity contribution in [1.82, 2.24) is 0 Å². The predicted octanol–water partition coefficient (Wildman–Crippen LogP) is 7.05. The van der Waals surface area contributed by atoms with Gasteiger partial charge >= 0.3 is 0 Å². The first-order valence-electron chi connectivity index (χ1n) is 14.6. The minimum atomic E-state index is -0.827. The lowest BCUT2D eigenvalue weighted by atomic mass is 9.44. The number of alkyl halides is 1. The van der Waals surface area contributed by atoms with Crippen LogP contribution >= 0.6 is 11.6 Å². The number of fused-ring (bicyclic) bond motifs is 5. The van der Waals surface area contributed by atoms with Crippen molar-refractivity contribution in [2.75, 3.05) is 13.2 Å². The molecular weight excluding hydrogens is 510 g/mol. The monoisotopic (exact) mass is 553 g/mol. The molecule has 0 radical (unpaired) electrons. The number of aryl methyl sites for hydroxylation is 1. The number of hydrogen-bond acceptors (Lipinski definition) is 5. The third kappa shape index (κ3) is 4.13. The summed E-state index contributed by atoms with van der Waals surface area (Å²) >= 11 is 7.67. The normalized spacial score (nSPS) is 41.8. The van der Waals surface area contributed by atoms with Gasteiger partial charge in [-0.25, -0.2) is 0 Å². The molecule has 1 aromatic rings. The van der Waals surface area contributed by atoms with Crippen LogP contribution in [0.15, 0.2) is 53.2 Å². The van der Waals surface area contributed by atoms with E-state index in [1.165, 1.54) is 5.57 Å². The van der Waals surface area contributed by atoms with Gasteiger partial charge in [0.15, 0.2) is 6.61 Å². The van der Waals surface area contributed by atoms with E-state index >= 15 is 0 Å². The van der Waals surface area contributed by atoms with Crippen molar-refractivity contribution in [2.45, 2.75) is 84.6 Å². The molecule has 5 nitrogen and oxygen atoms in total. The average molecular weight is 554 g/mol. The molecule has 0 aliphatic heterocycles. The predicted molar refractivity (Wildman–Crippen MR) is 156 cm³/mol. The summed E-state index contributed by atoms with van der Waals surface area (Å²) in [6.07, 6.45) is 9.33. The molecule has 0 amide bonds. The first kappa shape index (κ1) is 28.4. The fourth-order valence-corrected chi connectivity index (χ4v) is 9.34. The van der Waals surface area contributed by atoms with Gasteiger partial charge in [-0.3, -0.25) is 4.79 Å². The standard InChI is InChI=1S/C33H44ClNO4/c1-7-28(36)32(6)22(3)18-27-26-12-11-23-19-24(35-39-16-15-38-25-10-8-9-21(2)17-25)13-14-30(23,4)33(26,34)29(37)20-31(27,32)5/h8-10,13-14,17,19,22,26-27,29,37H,7,11-12,15-16,18,20H2,1-6H3/b35-24+/t22-,26-,27-,29-,30-,31-,32+,33-/m0/s1. The van der Waals surface area contributed by atoms with Crippen molar-refractivity contribution in [3.63, 3.8) is 0 Å². The highest BCUT2D eigenvalue weighted by Gasteiger charge is 2.73. The SMILES string of the molecule is CCC(=O)[C@@]1(C)[C@@H](C)C[C@H]2[C@@H]3CCC4=C/C(=N/OCCOc5cccc(C)c5)C=C[C@]4(C)[C@@]3(Cl)[C@@H](O)C[C@@]21C. The summed E-state index contributed by atoms with van der Waals surface area (Å²) < 4.78 is 5.75. The number of nitrogens with zero attached hydrogens (tertiary/aromatic N) is 1. The average Bonchev–Trinajstić information content (AvgIpc) is 3.10. The highest BCUT2D eigenvalue weighted by Crippen LogP contribution is 2.73. The number of carbonyl (C=O) groups is 1. The number of halogens is 1. The van der Waals surface area contributed by atoms with Gasteiger partial charge in [-0.2, -0.15) is 0 Å². The van der Waals surface area contributed by atoms with Crippen LogP contribution in [0.2, 0.25) is 0 Å². The van der Waals surface area contributed by atoms with E-state index in [2.05, 4.69) is 45.0 Å². The molecule has 3 saturated carbocycles. The van der Waals surface area contributed by atoms with E-state index in [0.717, 1.165) is 36.3 Å². The molecule has 5 rings (SSSR count). The zero-order chi connectivity index (χ0) is 28.2. The molecular formula is C33H44ClNO4. The quantitative estimate of drug-likeness (QED) is 0.223. The van der Waals surface area contributed by atoms with Crippen LogP contribution in [0.5, 0.6) is 5.75 Å². The number of Topliss-reactive ketones (excluding diaryl/α,β-unsaturated/α-hetero) is 1. The Morgan fingerprint density at radius 3 is 2.69 bits per heavy atom. The summed E-state index contributed by atoms with van der Waals surface area (Å²) in [7, 11) is 0. The lowest BCUT2D eigenvalue weighted by Gasteiger charge is -2.64. The van der Waals surface area contributed by atoms with Gasteiger partial charge in [-0.15, -0.1) is 11.6 Å². The second kappa shape index (κ2) is 10.1. The fourth-order valence-electron chi connectivity index (χ4n) is 8.82. The Labute approximate surface area is 238 Å². The Morgan fingerprint density at radius 2 is 1.97 bits per heavy atom. The van der Waals surface area contributed by atoms with E-state index in [9.17, 15) is 9.90 Å². The second-order valence-electron chi connectivity index (χ2n) is 13.0. The van der Waals surface area contributed by atoms with Crippen molar-refractivity contribution >= 4 is 23.1 Å². The number of ketones is 1. The molecule has 0 saturated heterocycles. The van der Waals surface area contributed by atoms with Crippen molar-refractivity contribution in [3.8, 4) is 5.75 Å².